The van der Waals surface area contributed by atoms with Gasteiger partial charge in [-0.25, -0.2) is 14.2 Å². The van der Waals surface area contributed by atoms with Gasteiger partial charge in [-0.1, -0.05) is 65.8 Å². The zero-order chi connectivity index (χ0) is 24.1. The van der Waals surface area contributed by atoms with Crippen LogP contribution >= 0.6 is 23.4 Å². The Hall–Kier alpha value is -3.69. The van der Waals surface area contributed by atoms with E-state index in [1.807, 2.05) is 30.3 Å². The average Bonchev–Trinajstić information content (AvgIpc) is 2.84. The lowest BCUT2D eigenvalue weighted by Gasteiger charge is -2.13. The van der Waals surface area contributed by atoms with Gasteiger partial charge in [-0.3, -0.25) is 19.5 Å². The normalized spacial score (nSPS) is 10.8. The van der Waals surface area contributed by atoms with Crippen LogP contribution in [-0.4, -0.2) is 27.2 Å². The van der Waals surface area contributed by atoms with Crippen LogP contribution in [0, 0.1) is 5.82 Å². The van der Waals surface area contributed by atoms with E-state index in [-0.39, 0.29) is 22.5 Å². The van der Waals surface area contributed by atoms with Crippen molar-refractivity contribution in [2.75, 3.05) is 5.75 Å². The van der Waals surface area contributed by atoms with Crippen molar-refractivity contribution in [3.63, 3.8) is 0 Å². The van der Waals surface area contributed by atoms with Crippen molar-refractivity contribution in [3.05, 3.63) is 99.6 Å². The molecule has 0 aliphatic rings. The van der Waals surface area contributed by atoms with Crippen LogP contribution in [0.4, 0.5) is 9.18 Å². The molecule has 1 heterocycles. The van der Waals surface area contributed by atoms with Crippen LogP contribution in [0.15, 0.2) is 82.7 Å². The molecule has 0 saturated heterocycles. The van der Waals surface area contributed by atoms with Crippen molar-refractivity contribution in [2.24, 2.45) is 0 Å². The maximum Gasteiger partial charge on any atom is 0.321 e. The van der Waals surface area contributed by atoms with Crippen LogP contribution in [-0.2, 0) is 11.3 Å². The van der Waals surface area contributed by atoms with E-state index in [0.29, 0.717) is 16.6 Å². The van der Waals surface area contributed by atoms with E-state index in [4.69, 9.17) is 11.6 Å². The fourth-order valence-corrected chi connectivity index (χ4v) is 4.16. The maximum absolute atomic E-state index is 13.7. The van der Waals surface area contributed by atoms with Crippen molar-refractivity contribution in [1.82, 2.24) is 20.2 Å². The molecule has 0 radical (unpaired) electrons. The van der Waals surface area contributed by atoms with Gasteiger partial charge in [0.25, 0.3) is 5.56 Å². The number of urea groups is 1. The van der Waals surface area contributed by atoms with Gasteiger partial charge in [0.1, 0.15) is 5.82 Å². The largest absolute Gasteiger partial charge is 0.334 e. The fraction of sp³-hybridized carbons (Fsp3) is 0.0833. The number of thioether (sulfide) groups is 1. The number of para-hydroxylation sites is 1. The molecule has 3 amide bonds. The Bertz CT molecular complexity index is 1430. The third-order valence-electron chi connectivity index (χ3n) is 4.79. The summed E-state index contributed by atoms with van der Waals surface area (Å²) in [4.78, 5) is 42.1. The second-order valence-corrected chi connectivity index (χ2v) is 8.51. The Morgan fingerprint density at radius 1 is 1.03 bits per heavy atom. The standard InChI is InChI=1S/C24H18ClFN4O3S/c25-18-12-16(10-11-19(18)26)30-22(32)17-8-4-5-9-20(17)28-24(30)34-14-21(31)29-23(33)27-13-15-6-2-1-3-7-15/h1-12H,13-14H2,(H2,27,29,31,33). The lowest BCUT2D eigenvalue weighted by atomic mass is 10.2. The molecule has 34 heavy (non-hydrogen) atoms. The van der Waals surface area contributed by atoms with E-state index in [0.717, 1.165) is 23.4 Å². The van der Waals surface area contributed by atoms with Crippen molar-refractivity contribution in [2.45, 2.75) is 11.7 Å². The van der Waals surface area contributed by atoms with Gasteiger partial charge in [0, 0.05) is 6.54 Å². The van der Waals surface area contributed by atoms with E-state index >= 15 is 0 Å². The van der Waals surface area contributed by atoms with E-state index in [1.54, 1.807) is 24.3 Å². The molecule has 4 aromatic rings. The van der Waals surface area contributed by atoms with Crippen LogP contribution in [0.5, 0.6) is 0 Å². The molecule has 2 N–H and O–H groups in total. The van der Waals surface area contributed by atoms with Gasteiger partial charge in [-0.15, -0.1) is 0 Å². The zero-order valence-electron chi connectivity index (χ0n) is 17.6. The van der Waals surface area contributed by atoms with Gasteiger partial charge in [-0.05, 0) is 35.9 Å². The van der Waals surface area contributed by atoms with Gasteiger partial charge in [0.15, 0.2) is 5.16 Å². The third-order valence-corrected chi connectivity index (χ3v) is 6.02. The Morgan fingerprint density at radius 2 is 1.76 bits per heavy atom. The van der Waals surface area contributed by atoms with Crippen LogP contribution in [0.1, 0.15) is 5.56 Å². The number of imide groups is 1. The quantitative estimate of drug-likeness (QED) is 0.307. The number of rotatable bonds is 6. The molecule has 0 saturated carbocycles. The number of aromatic nitrogens is 2. The molecule has 0 aliphatic heterocycles. The summed E-state index contributed by atoms with van der Waals surface area (Å²) in [6.45, 7) is 0.268. The van der Waals surface area contributed by atoms with Gasteiger partial charge < -0.3 is 5.32 Å². The van der Waals surface area contributed by atoms with Crippen LogP contribution in [0.3, 0.4) is 0 Å². The Labute approximate surface area is 203 Å². The zero-order valence-corrected chi connectivity index (χ0v) is 19.2. The summed E-state index contributed by atoms with van der Waals surface area (Å²) in [5.41, 5.74) is 1.25. The Morgan fingerprint density at radius 3 is 2.53 bits per heavy atom. The second-order valence-electron chi connectivity index (χ2n) is 7.16. The molecule has 4 rings (SSSR count). The van der Waals surface area contributed by atoms with Crippen LogP contribution in [0.25, 0.3) is 16.6 Å². The summed E-state index contributed by atoms with van der Waals surface area (Å²) < 4.78 is 14.9. The number of halogens is 2. The molecule has 0 atom stereocenters. The number of fused-ring (bicyclic) bond motifs is 1. The summed E-state index contributed by atoms with van der Waals surface area (Å²) in [7, 11) is 0. The minimum Gasteiger partial charge on any atom is -0.334 e. The highest BCUT2D eigenvalue weighted by atomic mass is 35.5. The number of hydrogen-bond donors (Lipinski definition) is 2. The molecule has 3 aromatic carbocycles. The van der Waals surface area contributed by atoms with Crippen molar-refractivity contribution < 1.29 is 14.0 Å². The molecule has 1 aromatic heterocycles. The molecule has 0 spiro atoms. The number of nitrogens with zero attached hydrogens (tertiary/aromatic N) is 2. The molecule has 0 aliphatic carbocycles. The van der Waals surface area contributed by atoms with Gasteiger partial charge in [-0.2, -0.15) is 0 Å². The number of amides is 3. The first kappa shape index (κ1) is 23.5. The first-order chi connectivity index (χ1) is 16.4. The third kappa shape index (κ3) is 5.44. The highest BCUT2D eigenvalue weighted by molar-refractivity contribution is 7.99. The highest BCUT2D eigenvalue weighted by Crippen LogP contribution is 2.24. The maximum atomic E-state index is 13.7. The Balaban J connectivity index is 1.52. The van der Waals surface area contributed by atoms with E-state index in [9.17, 15) is 18.8 Å². The minimum absolute atomic E-state index is 0.152. The summed E-state index contributed by atoms with van der Waals surface area (Å²) in [5.74, 6) is -1.37. The molecule has 0 unspecified atom stereocenters. The van der Waals surface area contributed by atoms with Gasteiger partial charge in [0.2, 0.25) is 5.91 Å². The molecular weight excluding hydrogens is 479 g/mol. The molecule has 10 heteroatoms. The van der Waals surface area contributed by atoms with Crippen LogP contribution in [0.2, 0.25) is 5.02 Å². The molecule has 7 nitrogen and oxygen atoms in total. The SMILES string of the molecule is O=C(CSc1nc2ccccc2c(=O)n1-c1ccc(F)c(Cl)c1)NC(=O)NCc1ccccc1. The highest BCUT2D eigenvalue weighted by Gasteiger charge is 2.16. The average molecular weight is 497 g/mol. The predicted octanol–water partition coefficient (Wildman–Crippen LogP) is 4.30. The van der Waals surface area contributed by atoms with Crippen molar-refractivity contribution in [3.8, 4) is 5.69 Å². The Kier molecular flexibility index (Phi) is 7.24. The number of nitrogens with one attached hydrogen (secondary N) is 2. The summed E-state index contributed by atoms with van der Waals surface area (Å²) in [6.07, 6.45) is 0. The molecule has 172 valence electrons. The summed E-state index contributed by atoms with van der Waals surface area (Å²) >= 11 is 6.89. The summed E-state index contributed by atoms with van der Waals surface area (Å²) in [6, 6.07) is 19.3. The topological polar surface area (TPSA) is 93.1 Å². The predicted molar refractivity (Wildman–Crippen MR) is 130 cm³/mol. The smallest absolute Gasteiger partial charge is 0.321 e. The number of benzene rings is 3. The molecule has 0 fully saturated rings. The number of hydrogen-bond acceptors (Lipinski definition) is 5. The van der Waals surface area contributed by atoms with Crippen LogP contribution < -0.4 is 16.2 Å². The van der Waals surface area contributed by atoms with E-state index in [1.165, 1.54) is 16.7 Å². The second kappa shape index (κ2) is 10.5. The molecule has 0 bridgehead atoms. The fourth-order valence-electron chi connectivity index (χ4n) is 3.18. The van der Waals surface area contributed by atoms with Gasteiger partial charge >= 0.3 is 6.03 Å². The minimum atomic E-state index is -0.636. The van der Waals surface area contributed by atoms with E-state index in [2.05, 4.69) is 15.6 Å². The van der Waals surface area contributed by atoms with E-state index < -0.39 is 23.3 Å². The van der Waals surface area contributed by atoms with Crippen molar-refractivity contribution in [1.29, 1.82) is 0 Å². The monoisotopic (exact) mass is 496 g/mol. The van der Waals surface area contributed by atoms with Gasteiger partial charge in [0.05, 0.1) is 27.4 Å². The first-order valence-electron chi connectivity index (χ1n) is 10.1. The number of carbonyl (C=O) groups excluding carboxylic acids is 2. The number of carbonyl (C=O) groups is 2. The lowest BCUT2D eigenvalue weighted by molar-refractivity contribution is -0.117. The van der Waals surface area contributed by atoms with Crippen molar-refractivity contribution >= 4 is 46.2 Å². The first-order valence-corrected chi connectivity index (χ1v) is 11.5. The lowest BCUT2D eigenvalue weighted by Crippen LogP contribution is -2.40. The molecular formula is C24H18ClFN4O3S. The summed E-state index contributed by atoms with van der Waals surface area (Å²) in [5, 5.41) is 5.27.